The van der Waals surface area contributed by atoms with Crippen molar-refractivity contribution >= 4 is 35.1 Å². The molecule has 0 unspecified atom stereocenters. The van der Waals surface area contributed by atoms with E-state index in [4.69, 9.17) is 16.3 Å². The van der Waals surface area contributed by atoms with Gasteiger partial charge in [0.1, 0.15) is 0 Å². The first kappa shape index (κ1) is 18.3. The number of hydrogen-bond acceptors (Lipinski definition) is 4. The number of ether oxygens (including phenoxy) is 1. The molecule has 2 amide bonds. The zero-order valence-corrected chi connectivity index (χ0v) is 14.6. The Hall–Kier alpha value is -2.08. The highest BCUT2D eigenvalue weighted by Gasteiger charge is 2.24. The van der Waals surface area contributed by atoms with Gasteiger partial charge in [0.25, 0.3) is 5.91 Å². The summed E-state index contributed by atoms with van der Waals surface area (Å²) in [6.45, 7) is 4.71. The molecule has 0 radical (unpaired) electrons. The van der Waals surface area contributed by atoms with Crippen LogP contribution in [0.3, 0.4) is 0 Å². The summed E-state index contributed by atoms with van der Waals surface area (Å²) in [7, 11) is 0. The number of amides is 2. The molecule has 1 heterocycles. The second-order valence-corrected chi connectivity index (χ2v) is 6.50. The number of nitrogens with one attached hydrogen (secondary N) is 1. The van der Waals surface area contributed by atoms with Gasteiger partial charge >= 0.3 is 5.97 Å². The molecule has 0 aromatic heterocycles. The predicted octanol–water partition coefficient (Wildman–Crippen LogP) is 2.40. The van der Waals surface area contributed by atoms with Gasteiger partial charge in [0.2, 0.25) is 5.91 Å². The number of nitrogens with zero attached hydrogens (tertiary/aromatic N) is 1. The highest BCUT2D eigenvalue weighted by Crippen LogP contribution is 2.30. The number of halogens is 1. The molecule has 0 aliphatic carbocycles. The van der Waals surface area contributed by atoms with E-state index >= 15 is 0 Å². The standard InChI is InChI=1S/C17H21ClN2O4/c1-11(2)9-19-15(21)10-24-17(23)12-5-6-13(18)14(8-12)20-7-3-4-16(20)22/h5-6,8,11H,3-4,7,9-10H2,1-2H3,(H,19,21). The summed E-state index contributed by atoms with van der Waals surface area (Å²) < 4.78 is 5.01. The lowest BCUT2D eigenvalue weighted by Crippen LogP contribution is -2.31. The third-order valence-corrected chi connectivity index (χ3v) is 3.91. The number of benzene rings is 1. The Balaban J connectivity index is 2.00. The van der Waals surface area contributed by atoms with Crippen LogP contribution in [0.25, 0.3) is 0 Å². The smallest absolute Gasteiger partial charge is 0.338 e. The summed E-state index contributed by atoms with van der Waals surface area (Å²) in [5, 5.41) is 3.07. The van der Waals surface area contributed by atoms with Gasteiger partial charge < -0.3 is 15.0 Å². The number of carbonyl (C=O) groups is 3. The Bertz CT molecular complexity index is 645. The minimum absolute atomic E-state index is 0.0181. The molecule has 7 heteroatoms. The van der Waals surface area contributed by atoms with Crippen LogP contribution < -0.4 is 10.2 Å². The van der Waals surface area contributed by atoms with E-state index < -0.39 is 5.97 Å². The van der Waals surface area contributed by atoms with Gasteiger partial charge in [0.05, 0.1) is 16.3 Å². The van der Waals surface area contributed by atoms with Gasteiger partial charge in [-0.3, -0.25) is 9.59 Å². The highest BCUT2D eigenvalue weighted by molar-refractivity contribution is 6.34. The summed E-state index contributed by atoms with van der Waals surface area (Å²) in [6.07, 6.45) is 1.24. The van der Waals surface area contributed by atoms with E-state index in [2.05, 4.69) is 5.32 Å². The average molecular weight is 353 g/mol. The molecule has 24 heavy (non-hydrogen) atoms. The third kappa shape index (κ3) is 4.71. The van der Waals surface area contributed by atoms with Crippen molar-refractivity contribution in [1.29, 1.82) is 0 Å². The van der Waals surface area contributed by atoms with Crippen LogP contribution in [0.2, 0.25) is 5.02 Å². The van der Waals surface area contributed by atoms with E-state index in [1.807, 2.05) is 13.8 Å². The van der Waals surface area contributed by atoms with Crippen molar-refractivity contribution in [2.45, 2.75) is 26.7 Å². The summed E-state index contributed by atoms with van der Waals surface area (Å²) in [5.41, 5.74) is 0.753. The van der Waals surface area contributed by atoms with Crippen LogP contribution in [-0.4, -0.2) is 37.5 Å². The van der Waals surface area contributed by atoms with E-state index in [9.17, 15) is 14.4 Å². The lowest BCUT2D eigenvalue weighted by atomic mass is 10.2. The molecule has 1 saturated heterocycles. The van der Waals surface area contributed by atoms with Gasteiger partial charge in [0.15, 0.2) is 6.61 Å². The first-order valence-electron chi connectivity index (χ1n) is 7.92. The normalized spacial score (nSPS) is 14.2. The zero-order valence-electron chi connectivity index (χ0n) is 13.8. The molecule has 6 nitrogen and oxygen atoms in total. The Morgan fingerprint density at radius 1 is 1.38 bits per heavy atom. The van der Waals surface area contributed by atoms with E-state index in [0.717, 1.165) is 6.42 Å². The van der Waals surface area contributed by atoms with Crippen LogP contribution in [0.1, 0.15) is 37.0 Å². The molecule has 0 spiro atoms. The molecule has 1 aromatic rings. The van der Waals surface area contributed by atoms with Crippen LogP contribution in [0.5, 0.6) is 0 Å². The molecule has 0 saturated carbocycles. The summed E-state index contributed by atoms with van der Waals surface area (Å²) in [4.78, 5) is 37.1. The van der Waals surface area contributed by atoms with Gasteiger partial charge in [-0.1, -0.05) is 25.4 Å². The fraction of sp³-hybridized carbons (Fsp3) is 0.471. The van der Waals surface area contributed by atoms with Gasteiger partial charge in [0, 0.05) is 19.5 Å². The molecular formula is C17H21ClN2O4. The molecule has 0 atom stereocenters. The van der Waals surface area contributed by atoms with Crippen molar-refractivity contribution < 1.29 is 19.1 Å². The van der Waals surface area contributed by atoms with Gasteiger partial charge in [-0.25, -0.2) is 4.79 Å². The predicted molar refractivity (Wildman–Crippen MR) is 91.2 cm³/mol. The highest BCUT2D eigenvalue weighted by atomic mass is 35.5. The molecule has 1 aromatic carbocycles. The molecule has 1 fully saturated rings. The number of carbonyl (C=O) groups excluding carboxylic acids is 3. The van der Waals surface area contributed by atoms with Crippen molar-refractivity contribution in [1.82, 2.24) is 5.32 Å². The number of rotatable bonds is 6. The van der Waals surface area contributed by atoms with E-state index in [1.54, 1.807) is 11.0 Å². The van der Waals surface area contributed by atoms with Crippen LogP contribution in [0.15, 0.2) is 18.2 Å². The van der Waals surface area contributed by atoms with Crippen LogP contribution in [0, 0.1) is 5.92 Å². The minimum atomic E-state index is -0.626. The number of esters is 1. The Morgan fingerprint density at radius 3 is 2.75 bits per heavy atom. The van der Waals surface area contributed by atoms with Crippen molar-refractivity contribution in [3.63, 3.8) is 0 Å². The maximum atomic E-state index is 12.1. The monoisotopic (exact) mass is 352 g/mol. The lowest BCUT2D eigenvalue weighted by Gasteiger charge is -2.18. The van der Waals surface area contributed by atoms with Gasteiger partial charge in [-0.15, -0.1) is 0 Å². The first-order valence-corrected chi connectivity index (χ1v) is 8.30. The fourth-order valence-electron chi connectivity index (χ4n) is 2.33. The van der Waals surface area contributed by atoms with Gasteiger partial charge in [-0.05, 0) is 30.5 Å². The maximum absolute atomic E-state index is 12.1. The quantitative estimate of drug-likeness (QED) is 0.798. The minimum Gasteiger partial charge on any atom is -0.452 e. The molecule has 0 bridgehead atoms. The molecule has 130 valence electrons. The first-order chi connectivity index (χ1) is 11.4. The van der Waals surface area contributed by atoms with E-state index in [0.29, 0.717) is 36.1 Å². The Kier molecular flexibility index (Phi) is 6.20. The SMILES string of the molecule is CC(C)CNC(=O)COC(=O)c1ccc(Cl)c(N2CCCC2=O)c1. The maximum Gasteiger partial charge on any atom is 0.338 e. The molecule has 1 aliphatic heterocycles. The molecule has 1 N–H and O–H groups in total. The van der Waals surface area contributed by atoms with Crippen molar-refractivity contribution in [2.24, 2.45) is 5.92 Å². The van der Waals surface area contributed by atoms with Crippen molar-refractivity contribution in [2.75, 3.05) is 24.6 Å². The molecule has 1 aliphatic rings. The summed E-state index contributed by atoms with van der Waals surface area (Å²) in [6, 6.07) is 4.60. The van der Waals surface area contributed by atoms with Crippen LogP contribution in [0.4, 0.5) is 5.69 Å². The fourth-order valence-corrected chi connectivity index (χ4v) is 2.55. The van der Waals surface area contributed by atoms with Crippen LogP contribution >= 0.6 is 11.6 Å². The summed E-state index contributed by atoms with van der Waals surface area (Å²) >= 11 is 6.13. The summed E-state index contributed by atoms with van der Waals surface area (Å²) in [5.74, 6) is -0.669. The average Bonchev–Trinajstić information content (AvgIpc) is 2.97. The van der Waals surface area contributed by atoms with Gasteiger partial charge in [-0.2, -0.15) is 0 Å². The Labute approximate surface area is 146 Å². The van der Waals surface area contributed by atoms with Crippen LogP contribution in [-0.2, 0) is 14.3 Å². The molecular weight excluding hydrogens is 332 g/mol. The molecule has 2 rings (SSSR count). The topological polar surface area (TPSA) is 75.7 Å². The number of anilines is 1. The zero-order chi connectivity index (χ0) is 17.7. The number of hydrogen-bond donors (Lipinski definition) is 1. The second-order valence-electron chi connectivity index (χ2n) is 6.09. The van der Waals surface area contributed by atoms with Crippen molar-refractivity contribution in [3.05, 3.63) is 28.8 Å². The third-order valence-electron chi connectivity index (χ3n) is 3.59. The van der Waals surface area contributed by atoms with E-state index in [1.165, 1.54) is 12.1 Å². The van der Waals surface area contributed by atoms with Crippen molar-refractivity contribution in [3.8, 4) is 0 Å². The Morgan fingerprint density at radius 2 is 2.12 bits per heavy atom. The largest absolute Gasteiger partial charge is 0.452 e. The lowest BCUT2D eigenvalue weighted by molar-refractivity contribution is -0.124. The second kappa shape index (κ2) is 8.15. The van der Waals surface area contributed by atoms with E-state index in [-0.39, 0.29) is 24.0 Å².